The molecular formula is C18H17BF4NP. The summed E-state index contributed by atoms with van der Waals surface area (Å²) in [5.41, 5.74) is 1.36. The van der Waals surface area contributed by atoms with Gasteiger partial charge in [-0.2, -0.15) is 0 Å². The molecule has 0 unspecified atom stereocenters. The fraction of sp³-hybridized carbons (Fsp3) is 0.0556. The SMILES string of the molecule is C[n+]1ccccc1P(c1ccccc1)c1ccccc1.FB(F)F.[F-]. The molecule has 7 heteroatoms. The van der Waals surface area contributed by atoms with Gasteiger partial charge in [-0.1, -0.05) is 60.7 Å². The lowest BCUT2D eigenvalue weighted by Gasteiger charge is -2.16. The van der Waals surface area contributed by atoms with Crippen molar-refractivity contribution >= 4 is 31.5 Å². The monoisotopic (exact) mass is 365 g/mol. The summed E-state index contributed by atoms with van der Waals surface area (Å²) in [6.07, 6.45) is 2.12. The maximum Gasteiger partial charge on any atom is 0.762 e. The number of rotatable bonds is 3. The summed E-state index contributed by atoms with van der Waals surface area (Å²) in [5, 5.41) is 2.77. The van der Waals surface area contributed by atoms with Gasteiger partial charge in [-0.15, -0.1) is 0 Å². The van der Waals surface area contributed by atoms with Crippen molar-refractivity contribution in [3.63, 3.8) is 0 Å². The second-order valence-electron chi connectivity index (χ2n) is 4.92. The van der Waals surface area contributed by atoms with E-state index in [2.05, 4.69) is 96.7 Å². The minimum absolute atomic E-state index is 0. The van der Waals surface area contributed by atoms with E-state index in [1.54, 1.807) is 0 Å². The van der Waals surface area contributed by atoms with E-state index in [1.165, 1.54) is 16.0 Å². The molecule has 1 nitrogen and oxygen atoms in total. The summed E-state index contributed by atoms with van der Waals surface area (Å²) in [4.78, 5) is 0. The number of pyridine rings is 1. The van der Waals surface area contributed by atoms with Gasteiger partial charge in [-0.3, -0.25) is 12.9 Å². The molecule has 25 heavy (non-hydrogen) atoms. The van der Waals surface area contributed by atoms with Gasteiger partial charge in [-0.25, -0.2) is 4.57 Å². The van der Waals surface area contributed by atoms with E-state index in [0.717, 1.165) is 0 Å². The third kappa shape index (κ3) is 6.31. The fourth-order valence-electron chi connectivity index (χ4n) is 2.31. The van der Waals surface area contributed by atoms with E-state index in [4.69, 9.17) is 0 Å². The zero-order valence-electron chi connectivity index (χ0n) is 13.6. The molecule has 0 N–H and O–H groups in total. The van der Waals surface area contributed by atoms with Gasteiger partial charge in [0.2, 0.25) is 5.44 Å². The molecule has 0 aliphatic carbocycles. The van der Waals surface area contributed by atoms with Crippen LogP contribution in [0.25, 0.3) is 0 Å². The van der Waals surface area contributed by atoms with Gasteiger partial charge in [0.25, 0.3) is 0 Å². The Morgan fingerprint density at radius 1 is 0.720 bits per heavy atom. The fourth-order valence-corrected chi connectivity index (χ4v) is 4.70. The van der Waals surface area contributed by atoms with E-state index in [9.17, 15) is 12.9 Å². The maximum atomic E-state index is 9.67. The molecule has 130 valence electrons. The first-order valence-corrected chi connectivity index (χ1v) is 8.71. The number of hydrogen-bond donors (Lipinski definition) is 0. The molecule has 0 aliphatic heterocycles. The van der Waals surface area contributed by atoms with Crippen molar-refractivity contribution in [1.82, 2.24) is 0 Å². The Morgan fingerprint density at radius 2 is 1.12 bits per heavy atom. The standard InChI is InChI=1S/C18H17NP.BF3.FH/c1-19-15-9-8-14-18(19)20(16-10-4-2-5-11-16)17-12-6-3-7-13-17;2-1(3)4;/h2-15H,1H3;;1H/q+1;;/p-1. The Bertz CT molecular complexity index is 702. The molecule has 0 saturated carbocycles. The van der Waals surface area contributed by atoms with Crippen LogP contribution in [0.4, 0.5) is 12.9 Å². The topological polar surface area (TPSA) is 3.88 Å². The van der Waals surface area contributed by atoms with Crippen molar-refractivity contribution < 1.29 is 22.2 Å². The smallest absolute Gasteiger partial charge is 0.762 e. The highest BCUT2D eigenvalue weighted by molar-refractivity contribution is 7.79. The van der Waals surface area contributed by atoms with Crippen molar-refractivity contribution in [3.8, 4) is 0 Å². The first kappa shape index (κ1) is 20.8. The van der Waals surface area contributed by atoms with E-state index in [-0.39, 0.29) is 4.70 Å². The largest absolute Gasteiger partial charge is 1.00 e. The number of halogens is 4. The highest BCUT2D eigenvalue weighted by atomic mass is 31.1. The van der Waals surface area contributed by atoms with Crippen LogP contribution in [-0.4, -0.2) is 7.54 Å². The lowest BCUT2D eigenvalue weighted by atomic mass is 10.4. The molecule has 0 bridgehead atoms. The first-order chi connectivity index (χ1) is 11.6. The van der Waals surface area contributed by atoms with E-state index >= 15 is 0 Å². The predicted octanol–water partition coefficient (Wildman–Crippen LogP) is 0.153. The zero-order valence-corrected chi connectivity index (χ0v) is 14.5. The molecule has 3 aromatic rings. The van der Waals surface area contributed by atoms with Crippen LogP contribution in [0.5, 0.6) is 0 Å². The Morgan fingerprint density at radius 3 is 1.52 bits per heavy atom. The van der Waals surface area contributed by atoms with Crippen molar-refractivity contribution in [2.75, 3.05) is 0 Å². The van der Waals surface area contributed by atoms with Gasteiger partial charge in [0.05, 0.1) is 7.92 Å². The van der Waals surface area contributed by atoms with Crippen LogP contribution in [0.15, 0.2) is 85.1 Å². The van der Waals surface area contributed by atoms with Crippen molar-refractivity contribution in [1.29, 1.82) is 0 Å². The third-order valence-corrected chi connectivity index (χ3v) is 5.84. The maximum absolute atomic E-state index is 9.67. The van der Waals surface area contributed by atoms with Gasteiger partial charge in [-0.05, 0) is 16.7 Å². The Hall–Kier alpha value is -2.20. The summed E-state index contributed by atoms with van der Waals surface area (Å²) in [6, 6.07) is 28.0. The molecule has 1 aromatic heterocycles. The van der Waals surface area contributed by atoms with Crippen molar-refractivity contribution in [2.24, 2.45) is 7.05 Å². The summed E-state index contributed by atoms with van der Waals surface area (Å²) in [6.45, 7) is 0. The molecular weight excluding hydrogens is 348 g/mol. The van der Waals surface area contributed by atoms with E-state index in [0.29, 0.717) is 0 Å². The minimum Gasteiger partial charge on any atom is -1.00 e. The Kier molecular flexibility index (Phi) is 8.86. The van der Waals surface area contributed by atoms with Crippen molar-refractivity contribution in [3.05, 3.63) is 85.1 Å². The summed E-state index contributed by atoms with van der Waals surface area (Å²) < 4.78 is 31.2. The normalized spacial score (nSPS) is 9.64. The predicted molar refractivity (Wildman–Crippen MR) is 95.4 cm³/mol. The second-order valence-corrected chi connectivity index (χ2v) is 7.09. The van der Waals surface area contributed by atoms with Crippen LogP contribution in [0.1, 0.15) is 0 Å². The highest BCUT2D eigenvalue weighted by Crippen LogP contribution is 2.30. The molecule has 3 rings (SSSR count). The lowest BCUT2D eigenvalue weighted by Crippen LogP contribution is -3.00. The third-order valence-electron chi connectivity index (χ3n) is 3.29. The molecule has 0 atom stereocenters. The van der Waals surface area contributed by atoms with Crippen molar-refractivity contribution in [2.45, 2.75) is 0 Å². The highest BCUT2D eigenvalue weighted by Gasteiger charge is 2.23. The quantitative estimate of drug-likeness (QED) is 0.269. The number of benzene rings is 2. The molecule has 0 radical (unpaired) electrons. The van der Waals surface area contributed by atoms with Crippen LogP contribution in [0.2, 0.25) is 0 Å². The molecule has 1 heterocycles. The van der Waals surface area contributed by atoms with Gasteiger partial charge in [0.15, 0.2) is 6.20 Å². The average Bonchev–Trinajstić information content (AvgIpc) is 2.58. The molecule has 0 fully saturated rings. The van der Waals surface area contributed by atoms with E-state index < -0.39 is 15.5 Å². The molecule has 2 aromatic carbocycles. The summed E-state index contributed by atoms with van der Waals surface area (Å²) >= 11 is 0. The van der Waals surface area contributed by atoms with Crippen LogP contribution in [-0.2, 0) is 7.05 Å². The number of nitrogens with zero attached hydrogens (tertiary/aromatic N) is 1. The number of aryl methyl sites for hydroxylation is 1. The van der Waals surface area contributed by atoms with Gasteiger partial charge >= 0.3 is 7.54 Å². The van der Waals surface area contributed by atoms with Crippen LogP contribution >= 0.6 is 7.92 Å². The zero-order chi connectivity index (χ0) is 17.4. The van der Waals surface area contributed by atoms with Crippen LogP contribution in [0, 0.1) is 0 Å². The molecule has 0 aliphatic rings. The Balaban J connectivity index is 0.000000568. The Labute approximate surface area is 146 Å². The molecule has 0 spiro atoms. The van der Waals surface area contributed by atoms with Gasteiger partial charge < -0.3 is 4.70 Å². The second kappa shape index (κ2) is 10.6. The van der Waals surface area contributed by atoms with Crippen LogP contribution < -0.4 is 25.3 Å². The van der Waals surface area contributed by atoms with Crippen LogP contribution in [0.3, 0.4) is 0 Å². The number of hydrogen-bond acceptors (Lipinski definition) is 0. The number of aromatic nitrogens is 1. The van der Waals surface area contributed by atoms with Gasteiger partial charge in [0, 0.05) is 12.1 Å². The molecule has 0 saturated heterocycles. The summed E-state index contributed by atoms with van der Waals surface area (Å²) in [7, 11) is -2.05. The van der Waals surface area contributed by atoms with E-state index in [1.807, 2.05) is 0 Å². The average molecular weight is 365 g/mol. The minimum atomic E-state index is -3.67. The van der Waals surface area contributed by atoms with Gasteiger partial charge in [0.1, 0.15) is 7.05 Å². The lowest BCUT2D eigenvalue weighted by molar-refractivity contribution is -0.653. The first-order valence-electron chi connectivity index (χ1n) is 7.36. The molecule has 0 amide bonds. The summed E-state index contributed by atoms with van der Waals surface area (Å²) in [5.74, 6) is 0.